The van der Waals surface area contributed by atoms with Gasteiger partial charge in [-0.25, -0.2) is 14.8 Å². The molecule has 3 N–H and O–H groups in total. The van der Waals surface area contributed by atoms with E-state index in [2.05, 4.69) is 38.8 Å². The molecule has 2 atom stereocenters. The lowest BCUT2D eigenvalue weighted by Crippen LogP contribution is -2.87. The number of benzene rings is 2. The van der Waals surface area contributed by atoms with Crippen molar-refractivity contribution >= 4 is 40.6 Å². The molecule has 6 nitrogen and oxygen atoms in total. The van der Waals surface area contributed by atoms with Gasteiger partial charge in [-0.05, 0) is 78.7 Å². The number of anilines is 4. The van der Waals surface area contributed by atoms with Gasteiger partial charge in [0.05, 0.1) is 40.0 Å². The van der Waals surface area contributed by atoms with Gasteiger partial charge in [-0.2, -0.15) is 0 Å². The summed E-state index contributed by atoms with van der Waals surface area (Å²) < 4.78 is 0. The van der Waals surface area contributed by atoms with Crippen molar-refractivity contribution in [2.24, 2.45) is 23.2 Å². The minimum absolute atomic E-state index is 0.167. The fraction of sp³-hybridized carbons (Fsp3) is 0.346. The number of carboxylic acid groups (broad SMARTS) is 1. The summed E-state index contributed by atoms with van der Waals surface area (Å²) in [6, 6.07) is 13.2. The van der Waals surface area contributed by atoms with Gasteiger partial charge in [0, 0.05) is 5.41 Å². The smallest absolute Gasteiger partial charge is 0.337 e. The summed E-state index contributed by atoms with van der Waals surface area (Å²) in [5, 5.41) is 16.3. The predicted octanol–water partition coefficient (Wildman–Crippen LogP) is 6.00. The van der Waals surface area contributed by atoms with E-state index < -0.39 is 5.97 Å². The number of halogens is 1. The summed E-state index contributed by atoms with van der Waals surface area (Å²) in [7, 11) is 0. The van der Waals surface area contributed by atoms with Crippen molar-refractivity contribution in [1.29, 1.82) is 0 Å². The highest BCUT2D eigenvalue weighted by Gasteiger charge is 2.87. The van der Waals surface area contributed by atoms with Crippen LogP contribution in [-0.2, 0) is 5.41 Å². The van der Waals surface area contributed by atoms with E-state index in [1.807, 2.05) is 0 Å². The van der Waals surface area contributed by atoms with E-state index in [0.29, 0.717) is 28.2 Å². The molecule has 0 amide bonds. The van der Waals surface area contributed by atoms with Crippen molar-refractivity contribution in [3.05, 3.63) is 71.0 Å². The molecule has 0 radical (unpaired) electrons. The van der Waals surface area contributed by atoms with Crippen LogP contribution in [0.2, 0.25) is 5.02 Å². The second-order valence-corrected chi connectivity index (χ2v) is 10.5. The maximum Gasteiger partial charge on any atom is 0.337 e. The zero-order chi connectivity index (χ0) is 22.4. The van der Waals surface area contributed by atoms with Gasteiger partial charge in [-0.1, -0.05) is 29.8 Å². The first-order valence-corrected chi connectivity index (χ1v) is 11.9. The molecular formula is C26H23ClN4O2. The Balaban J connectivity index is 1.07. The molecule has 2 unspecified atom stereocenters. The van der Waals surface area contributed by atoms with Crippen molar-refractivity contribution in [2.45, 2.75) is 31.1 Å². The van der Waals surface area contributed by atoms with Crippen LogP contribution in [0, 0.1) is 23.2 Å². The molecule has 0 aliphatic heterocycles. The molecule has 0 bridgehead atoms. The van der Waals surface area contributed by atoms with Crippen LogP contribution in [0.4, 0.5) is 23.0 Å². The zero-order valence-electron chi connectivity index (χ0n) is 17.9. The molecular weight excluding hydrogens is 436 g/mol. The molecule has 4 aliphatic rings. The van der Waals surface area contributed by atoms with E-state index in [9.17, 15) is 9.90 Å². The second kappa shape index (κ2) is 6.48. The van der Waals surface area contributed by atoms with Crippen molar-refractivity contribution in [2.75, 3.05) is 10.6 Å². The molecule has 4 aliphatic carbocycles. The number of carbonyl (C=O) groups is 1. The Morgan fingerprint density at radius 3 is 2.33 bits per heavy atom. The van der Waals surface area contributed by atoms with Crippen LogP contribution < -0.4 is 10.6 Å². The van der Waals surface area contributed by atoms with Gasteiger partial charge in [0.15, 0.2) is 0 Å². The average molecular weight is 459 g/mol. The van der Waals surface area contributed by atoms with Crippen LogP contribution in [0.1, 0.15) is 41.6 Å². The molecule has 1 heterocycles. The average Bonchev–Trinajstić information content (AvgIpc) is 2.75. The van der Waals surface area contributed by atoms with E-state index in [4.69, 9.17) is 11.6 Å². The van der Waals surface area contributed by atoms with Gasteiger partial charge < -0.3 is 15.7 Å². The van der Waals surface area contributed by atoms with Crippen LogP contribution in [-0.4, -0.2) is 21.0 Å². The number of aromatic carboxylic acids is 1. The zero-order valence-corrected chi connectivity index (χ0v) is 18.6. The first-order chi connectivity index (χ1) is 16.0. The molecule has 4 saturated carbocycles. The number of hydrogen-bond donors (Lipinski definition) is 3. The topological polar surface area (TPSA) is 87.1 Å². The minimum atomic E-state index is -1.01. The van der Waals surface area contributed by atoms with Crippen molar-refractivity contribution in [3.8, 4) is 0 Å². The number of hydrogen-bond acceptors (Lipinski definition) is 5. The second-order valence-electron chi connectivity index (χ2n) is 10.1. The molecule has 4 fully saturated rings. The van der Waals surface area contributed by atoms with E-state index in [1.165, 1.54) is 37.3 Å². The Morgan fingerprint density at radius 2 is 1.70 bits per heavy atom. The SMILES string of the molecule is O=C(O)c1ccccc1Nc1ncc(Nc2ccc(C34CC5CC6CC(C3)C654)cc2Cl)cn1. The molecule has 33 heavy (non-hydrogen) atoms. The van der Waals surface area contributed by atoms with Crippen LogP contribution in [0.25, 0.3) is 0 Å². The van der Waals surface area contributed by atoms with E-state index in [1.54, 1.807) is 30.6 Å². The number of nitrogens with one attached hydrogen (secondary N) is 2. The molecule has 1 aromatic heterocycles. The third-order valence-electron chi connectivity index (χ3n) is 9.04. The number of carboxylic acids is 1. The van der Waals surface area contributed by atoms with Gasteiger partial charge in [-0.15, -0.1) is 0 Å². The highest BCUT2D eigenvalue weighted by atomic mass is 35.5. The highest BCUT2D eigenvalue weighted by Crippen LogP contribution is 2.92. The molecule has 166 valence electrons. The van der Waals surface area contributed by atoms with Gasteiger partial charge in [-0.3, -0.25) is 0 Å². The number of aromatic nitrogens is 2. The van der Waals surface area contributed by atoms with Crippen LogP contribution in [0.5, 0.6) is 0 Å². The van der Waals surface area contributed by atoms with E-state index in [0.717, 1.165) is 28.5 Å². The largest absolute Gasteiger partial charge is 0.478 e. The molecule has 7 rings (SSSR count). The third-order valence-corrected chi connectivity index (χ3v) is 9.35. The minimum Gasteiger partial charge on any atom is -0.478 e. The fourth-order valence-electron chi connectivity index (χ4n) is 7.85. The maximum atomic E-state index is 11.4. The lowest BCUT2D eigenvalue weighted by atomic mass is 9.12. The standard InChI is InChI=1S/C26H23ClN4O2/c27-20-9-14(25-10-16-7-15-8-17(11-25)26(15,16)25)5-6-22(20)30-18-12-28-24(29-13-18)31-21-4-2-1-3-19(21)23(32)33/h1-6,9,12-13,15-17,30H,7-8,10-11H2,(H,32,33)(H,28,29,31). The van der Waals surface area contributed by atoms with Crippen molar-refractivity contribution in [1.82, 2.24) is 9.97 Å². The monoisotopic (exact) mass is 458 g/mol. The maximum absolute atomic E-state index is 11.4. The summed E-state index contributed by atoms with van der Waals surface area (Å²) >= 11 is 6.70. The van der Waals surface area contributed by atoms with Gasteiger partial charge in [0.25, 0.3) is 0 Å². The molecule has 0 saturated heterocycles. The summed E-state index contributed by atoms with van der Waals surface area (Å²) in [5.74, 6) is 2.23. The lowest BCUT2D eigenvalue weighted by molar-refractivity contribution is -0.395. The van der Waals surface area contributed by atoms with Crippen LogP contribution in [0.3, 0.4) is 0 Å². The number of nitrogens with zero attached hydrogens (tertiary/aromatic N) is 2. The summed E-state index contributed by atoms with van der Waals surface area (Å²) in [4.78, 5) is 20.0. The fourth-order valence-corrected chi connectivity index (χ4v) is 8.07. The molecule has 1 spiro atoms. The Morgan fingerprint density at radius 1 is 0.970 bits per heavy atom. The molecule has 7 heteroatoms. The van der Waals surface area contributed by atoms with E-state index in [-0.39, 0.29) is 5.56 Å². The van der Waals surface area contributed by atoms with Gasteiger partial charge >= 0.3 is 5.97 Å². The lowest BCUT2D eigenvalue weighted by Gasteiger charge is -2.91. The highest BCUT2D eigenvalue weighted by molar-refractivity contribution is 6.33. The van der Waals surface area contributed by atoms with Crippen LogP contribution >= 0.6 is 11.6 Å². The Bertz CT molecular complexity index is 1280. The summed E-state index contributed by atoms with van der Waals surface area (Å²) in [5.41, 5.74) is 4.61. The molecule has 2 aromatic carbocycles. The van der Waals surface area contributed by atoms with Crippen molar-refractivity contribution in [3.63, 3.8) is 0 Å². The summed E-state index contributed by atoms with van der Waals surface area (Å²) in [6.45, 7) is 0. The third kappa shape index (κ3) is 2.37. The van der Waals surface area contributed by atoms with Gasteiger partial charge in [0.1, 0.15) is 0 Å². The normalized spacial score (nSPS) is 32.1. The Hall–Kier alpha value is -3.12. The Labute approximate surface area is 196 Å². The number of rotatable bonds is 6. The molecule has 3 aromatic rings. The quantitative estimate of drug-likeness (QED) is 0.419. The first-order valence-electron chi connectivity index (χ1n) is 11.5. The Kier molecular flexibility index (Phi) is 3.80. The predicted molar refractivity (Wildman–Crippen MR) is 126 cm³/mol. The summed E-state index contributed by atoms with van der Waals surface area (Å²) in [6.07, 6.45) is 8.91. The van der Waals surface area contributed by atoms with Crippen molar-refractivity contribution < 1.29 is 9.90 Å². The van der Waals surface area contributed by atoms with Crippen LogP contribution in [0.15, 0.2) is 54.9 Å². The van der Waals surface area contributed by atoms with E-state index >= 15 is 0 Å². The number of para-hydroxylation sites is 1. The first kappa shape index (κ1) is 19.4. The van der Waals surface area contributed by atoms with Gasteiger partial charge in [0.2, 0.25) is 5.95 Å².